The first-order valence-corrected chi connectivity index (χ1v) is 7.73. The largest absolute Gasteiger partial charge is 0.304 e. The Morgan fingerprint density at radius 3 is 2.52 bits per heavy atom. The number of imidazole rings is 1. The molecule has 6 heteroatoms. The van der Waals surface area contributed by atoms with Gasteiger partial charge in [-0.05, 0) is 30.7 Å². The molecule has 0 bridgehead atoms. The Hall–Kier alpha value is -1.29. The summed E-state index contributed by atoms with van der Waals surface area (Å²) in [6.07, 6.45) is 1.62. The van der Waals surface area contributed by atoms with Gasteiger partial charge in [0.2, 0.25) is 0 Å². The van der Waals surface area contributed by atoms with E-state index in [1.54, 1.807) is 12.3 Å². The number of benzene rings is 1. The minimum Gasteiger partial charge on any atom is -0.304 e. The summed E-state index contributed by atoms with van der Waals surface area (Å²) < 4.78 is 2.03. The zero-order valence-corrected chi connectivity index (χ0v) is 13.5. The zero-order valence-electron chi connectivity index (χ0n) is 11.2. The highest BCUT2D eigenvalue weighted by Gasteiger charge is 2.18. The Kier molecular flexibility index (Phi) is 4.07. The lowest BCUT2D eigenvalue weighted by molar-refractivity contribution is 0.629. The van der Waals surface area contributed by atoms with E-state index in [2.05, 4.69) is 16.9 Å². The monoisotopic (exact) mass is 339 g/mol. The van der Waals surface area contributed by atoms with Crippen molar-refractivity contribution in [2.24, 2.45) is 0 Å². The third-order valence-corrected chi connectivity index (χ3v) is 4.13. The molecule has 21 heavy (non-hydrogen) atoms. The number of hydrogen-bond donors (Lipinski definition) is 0. The van der Waals surface area contributed by atoms with E-state index in [1.165, 1.54) is 0 Å². The van der Waals surface area contributed by atoms with Crippen LogP contribution in [0.5, 0.6) is 0 Å². The first kappa shape index (κ1) is 14.6. The molecule has 0 amide bonds. The van der Waals surface area contributed by atoms with Crippen LogP contribution in [0.25, 0.3) is 11.2 Å². The number of nitrogens with zero attached hydrogens (tertiary/aromatic N) is 3. The van der Waals surface area contributed by atoms with Crippen molar-refractivity contribution in [3.8, 4) is 0 Å². The van der Waals surface area contributed by atoms with Gasteiger partial charge >= 0.3 is 0 Å². The molecule has 0 aliphatic carbocycles. The Morgan fingerprint density at radius 1 is 1.14 bits per heavy atom. The van der Waals surface area contributed by atoms with Crippen LogP contribution < -0.4 is 0 Å². The number of pyridine rings is 1. The molecule has 3 rings (SSSR count). The molecule has 0 N–H and O–H groups in total. The molecule has 1 atom stereocenters. The van der Waals surface area contributed by atoms with Gasteiger partial charge < -0.3 is 4.57 Å². The van der Waals surface area contributed by atoms with E-state index in [1.807, 2.05) is 28.8 Å². The second kappa shape index (κ2) is 5.84. The zero-order chi connectivity index (χ0) is 15.0. The fourth-order valence-electron chi connectivity index (χ4n) is 2.40. The van der Waals surface area contributed by atoms with E-state index in [9.17, 15) is 0 Å². The molecule has 0 spiro atoms. The van der Waals surface area contributed by atoms with Gasteiger partial charge in [-0.2, -0.15) is 0 Å². The number of halogens is 3. The summed E-state index contributed by atoms with van der Waals surface area (Å²) >= 11 is 18.0. The van der Waals surface area contributed by atoms with Crippen LogP contribution >= 0.6 is 34.8 Å². The molecule has 2 heterocycles. The SMILES string of the molecule is CC(c1ccc(Cl)cc1)n1c(CCl)nc2cc(Cl)cnc21. The van der Waals surface area contributed by atoms with Crippen LogP contribution in [0, 0.1) is 0 Å². The average Bonchev–Trinajstić information content (AvgIpc) is 2.84. The fraction of sp³-hybridized carbons (Fsp3) is 0.200. The first-order valence-electron chi connectivity index (χ1n) is 6.44. The summed E-state index contributed by atoms with van der Waals surface area (Å²) in [6.45, 7) is 2.08. The number of aromatic nitrogens is 3. The molecule has 0 aliphatic rings. The molecule has 1 unspecified atom stereocenters. The van der Waals surface area contributed by atoms with Crippen molar-refractivity contribution >= 4 is 46.0 Å². The minimum absolute atomic E-state index is 0.0506. The Bertz CT molecular complexity index is 781. The maximum absolute atomic E-state index is 6.03. The maximum atomic E-state index is 6.03. The van der Waals surface area contributed by atoms with E-state index < -0.39 is 0 Å². The number of rotatable bonds is 3. The summed E-state index contributed by atoms with van der Waals surface area (Å²) in [6, 6.07) is 9.58. The topological polar surface area (TPSA) is 30.7 Å². The third kappa shape index (κ3) is 2.73. The highest BCUT2D eigenvalue weighted by molar-refractivity contribution is 6.31. The van der Waals surface area contributed by atoms with Gasteiger partial charge in [0, 0.05) is 11.2 Å². The third-order valence-electron chi connectivity index (χ3n) is 3.43. The Morgan fingerprint density at radius 2 is 1.86 bits per heavy atom. The normalized spacial score (nSPS) is 12.8. The van der Waals surface area contributed by atoms with Crippen LogP contribution in [0.4, 0.5) is 0 Å². The van der Waals surface area contributed by atoms with E-state index in [-0.39, 0.29) is 6.04 Å². The summed E-state index contributed by atoms with van der Waals surface area (Å²) in [7, 11) is 0. The standard InChI is InChI=1S/C15H12Cl3N3/c1-9(10-2-4-11(17)5-3-10)21-14(7-16)20-13-6-12(18)8-19-15(13)21/h2-6,8-9H,7H2,1H3. The predicted octanol–water partition coefficient (Wildman–Crippen LogP) is 5.09. The molecule has 0 fully saturated rings. The van der Waals surface area contributed by atoms with Gasteiger partial charge in [-0.1, -0.05) is 35.3 Å². The molecule has 1 aromatic carbocycles. The molecule has 108 valence electrons. The van der Waals surface area contributed by atoms with Crippen molar-refractivity contribution in [1.29, 1.82) is 0 Å². The molecule has 0 radical (unpaired) electrons. The van der Waals surface area contributed by atoms with E-state index in [4.69, 9.17) is 34.8 Å². The van der Waals surface area contributed by atoms with Gasteiger partial charge in [-0.15, -0.1) is 11.6 Å². The quantitative estimate of drug-likeness (QED) is 0.622. The van der Waals surface area contributed by atoms with Gasteiger partial charge in [0.25, 0.3) is 0 Å². The van der Waals surface area contributed by atoms with Gasteiger partial charge in [-0.25, -0.2) is 9.97 Å². The lowest BCUT2D eigenvalue weighted by Gasteiger charge is -2.17. The summed E-state index contributed by atoms with van der Waals surface area (Å²) in [5, 5.41) is 1.27. The first-order chi connectivity index (χ1) is 10.1. The van der Waals surface area contributed by atoms with E-state index >= 15 is 0 Å². The second-order valence-corrected chi connectivity index (χ2v) is 5.90. The van der Waals surface area contributed by atoms with Crippen molar-refractivity contribution in [1.82, 2.24) is 14.5 Å². The maximum Gasteiger partial charge on any atom is 0.160 e. The van der Waals surface area contributed by atoms with Crippen molar-refractivity contribution in [2.45, 2.75) is 18.8 Å². The van der Waals surface area contributed by atoms with Crippen molar-refractivity contribution in [2.75, 3.05) is 0 Å². The second-order valence-electron chi connectivity index (χ2n) is 4.76. The van der Waals surface area contributed by atoms with Gasteiger partial charge in [-0.3, -0.25) is 0 Å². The molecular weight excluding hydrogens is 329 g/mol. The minimum atomic E-state index is 0.0506. The number of alkyl halides is 1. The number of hydrogen-bond acceptors (Lipinski definition) is 2. The molecule has 3 nitrogen and oxygen atoms in total. The molecular formula is C15H12Cl3N3. The van der Waals surface area contributed by atoms with E-state index in [0.29, 0.717) is 15.9 Å². The van der Waals surface area contributed by atoms with Crippen LogP contribution in [-0.4, -0.2) is 14.5 Å². The van der Waals surface area contributed by atoms with Crippen molar-refractivity contribution < 1.29 is 0 Å². The lowest BCUT2D eigenvalue weighted by Crippen LogP contribution is -2.10. The van der Waals surface area contributed by atoms with Crippen LogP contribution in [-0.2, 0) is 5.88 Å². The Labute approximate surface area is 137 Å². The molecule has 2 aromatic heterocycles. The molecule has 0 aliphatic heterocycles. The van der Waals surface area contributed by atoms with Gasteiger partial charge in [0.1, 0.15) is 11.3 Å². The van der Waals surface area contributed by atoms with Crippen molar-refractivity contribution in [3.05, 3.63) is 58.0 Å². The highest BCUT2D eigenvalue weighted by Crippen LogP contribution is 2.27. The van der Waals surface area contributed by atoms with Crippen LogP contribution in [0.15, 0.2) is 36.5 Å². The fourth-order valence-corrected chi connectivity index (χ4v) is 2.86. The van der Waals surface area contributed by atoms with Crippen LogP contribution in [0.3, 0.4) is 0 Å². The predicted molar refractivity (Wildman–Crippen MR) is 87.4 cm³/mol. The molecule has 0 saturated carbocycles. The number of fused-ring (bicyclic) bond motifs is 1. The van der Waals surface area contributed by atoms with Crippen LogP contribution in [0.1, 0.15) is 24.4 Å². The Balaban J connectivity index is 2.16. The lowest BCUT2D eigenvalue weighted by atomic mass is 10.1. The summed E-state index contributed by atoms with van der Waals surface area (Å²) in [5.41, 5.74) is 2.64. The van der Waals surface area contributed by atoms with Crippen molar-refractivity contribution in [3.63, 3.8) is 0 Å². The summed E-state index contributed by atoms with van der Waals surface area (Å²) in [4.78, 5) is 8.91. The summed E-state index contributed by atoms with van der Waals surface area (Å²) in [5.74, 6) is 1.08. The van der Waals surface area contributed by atoms with Gasteiger partial charge in [0.15, 0.2) is 5.65 Å². The smallest absolute Gasteiger partial charge is 0.160 e. The van der Waals surface area contributed by atoms with Crippen LogP contribution in [0.2, 0.25) is 10.0 Å². The van der Waals surface area contributed by atoms with Gasteiger partial charge in [0.05, 0.1) is 16.9 Å². The highest BCUT2D eigenvalue weighted by atomic mass is 35.5. The van der Waals surface area contributed by atoms with E-state index in [0.717, 1.165) is 22.6 Å². The molecule has 0 saturated heterocycles. The average molecular weight is 341 g/mol. The molecule has 3 aromatic rings.